The number of fused-ring (bicyclic) bond motifs is 2. The lowest BCUT2D eigenvalue weighted by molar-refractivity contribution is -0.312. The second kappa shape index (κ2) is 23.8. The van der Waals surface area contributed by atoms with Crippen molar-refractivity contribution in [2.45, 2.75) is 135 Å². The predicted molar refractivity (Wildman–Crippen MR) is 243 cm³/mol. The Bertz CT molecular complexity index is 2000. The molecule has 6 atom stereocenters. The van der Waals surface area contributed by atoms with Crippen LogP contribution in [0, 0.1) is 19.8 Å². The van der Waals surface area contributed by atoms with Gasteiger partial charge in [-0.05, 0) is 108 Å². The number of likely N-dealkylation sites (tertiary alicyclic amines) is 2. The van der Waals surface area contributed by atoms with Crippen LogP contribution in [0.3, 0.4) is 0 Å². The topological polar surface area (TPSA) is 214 Å². The van der Waals surface area contributed by atoms with Gasteiger partial charge in [-0.1, -0.05) is 57.9 Å². The minimum absolute atomic E-state index is 0.0589. The van der Waals surface area contributed by atoms with Gasteiger partial charge in [-0.3, -0.25) is 9.59 Å². The summed E-state index contributed by atoms with van der Waals surface area (Å²) in [4.78, 5) is 57.1. The van der Waals surface area contributed by atoms with Crippen LogP contribution in [0.15, 0.2) is 41.2 Å². The summed E-state index contributed by atoms with van der Waals surface area (Å²) in [5, 5.41) is 42.7. The Balaban J connectivity index is 0.000000198. The summed E-state index contributed by atoms with van der Waals surface area (Å²) in [6, 6.07) is 12.1. The fourth-order valence-electron chi connectivity index (χ4n) is 8.63. The molecule has 7 rings (SSSR count). The molecule has 350 valence electrons. The first-order valence-electron chi connectivity index (χ1n) is 22.6. The number of carbonyl (C=O) groups is 3. The zero-order chi connectivity index (χ0) is 45.8. The van der Waals surface area contributed by atoms with Gasteiger partial charge in [0.05, 0.1) is 18.2 Å². The standard InChI is InChI=1S/C23H32N4O4.C13H26O6.C10H12NOP/c1-17-6-11-25(12-7-17)21(28)16-31-23(30)26-13-9-19(10-14-26)27-15-8-18-4-2-3-5-20(18)24-22(27)29;1-3-5-8(6-4-2)18-13-12(17)11(16)10(15)9(7-14)19-13;1-6-4-7(2)9-8(5-6)13(3)10(12)11-9/h2-5,17,19H,6-16H2,1H3,(H,24,29);8-17H,3-7H2,1-2H3;4-5H,1-3H3,(H,11,12)/t;9?,10-,11?,12?,13+;/m.1./s1. The molecule has 2 aromatic carbocycles. The van der Waals surface area contributed by atoms with Gasteiger partial charge in [-0.25, -0.2) is 9.59 Å². The van der Waals surface area contributed by atoms with Crippen LogP contribution in [0.25, 0.3) is 10.6 Å². The van der Waals surface area contributed by atoms with Crippen molar-refractivity contribution in [3.8, 4) is 0 Å². The molecule has 0 saturated carbocycles. The van der Waals surface area contributed by atoms with Crippen molar-refractivity contribution >= 4 is 41.9 Å². The van der Waals surface area contributed by atoms with Crippen LogP contribution in [0.1, 0.15) is 88.8 Å². The number of aliphatic hydroxyl groups is 4. The van der Waals surface area contributed by atoms with E-state index in [1.807, 2.05) is 56.6 Å². The molecule has 3 fully saturated rings. The highest BCUT2D eigenvalue weighted by molar-refractivity contribution is 7.52. The number of aromatic amines is 1. The number of hydrogen-bond donors (Lipinski definition) is 6. The number of carbonyl (C=O) groups excluding carboxylic acids is 3. The number of aryl methyl sites for hydroxylation is 3. The van der Waals surface area contributed by atoms with Crippen LogP contribution in [0.4, 0.5) is 15.3 Å². The Morgan fingerprint density at radius 3 is 2.21 bits per heavy atom. The molecule has 17 heteroatoms. The highest BCUT2D eigenvalue weighted by Gasteiger charge is 2.44. The van der Waals surface area contributed by atoms with Crippen molar-refractivity contribution in [3.05, 3.63) is 63.2 Å². The molecule has 3 aromatic rings. The lowest BCUT2D eigenvalue weighted by Gasteiger charge is -2.40. The average Bonchev–Trinajstić information content (AvgIpc) is 3.45. The molecule has 0 aliphatic carbocycles. The molecule has 16 nitrogen and oxygen atoms in total. The number of aliphatic hydroxyl groups excluding tert-OH is 4. The van der Waals surface area contributed by atoms with E-state index in [0.29, 0.717) is 38.4 Å². The lowest BCUT2D eigenvalue weighted by Crippen LogP contribution is -2.59. The van der Waals surface area contributed by atoms with Crippen molar-refractivity contribution in [1.29, 1.82) is 0 Å². The van der Waals surface area contributed by atoms with E-state index >= 15 is 0 Å². The Morgan fingerprint density at radius 1 is 0.905 bits per heavy atom. The van der Waals surface area contributed by atoms with Gasteiger partial charge in [0.2, 0.25) is 0 Å². The number of benzene rings is 2. The van der Waals surface area contributed by atoms with Crippen molar-refractivity contribution in [2.75, 3.05) is 51.3 Å². The van der Waals surface area contributed by atoms with Gasteiger partial charge in [0.1, 0.15) is 24.4 Å². The number of nitrogens with one attached hydrogen (secondary N) is 2. The number of rotatable bonds is 10. The minimum Gasteiger partial charge on any atom is -0.439 e. The normalized spacial score (nSPS) is 23.5. The fraction of sp³-hybridized carbons (Fsp3) is 0.652. The summed E-state index contributed by atoms with van der Waals surface area (Å²) in [6.45, 7) is 15.0. The van der Waals surface area contributed by atoms with Crippen LogP contribution < -0.4 is 10.6 Å². The van der Waals surface area contributed by atoms with Gasteiger partial charge in [0.15, 0.2) is 12.9 Å². The number of piperidine rings is 2. The number of amides is 4. The van der Waals surface area contributed by atoms with E-state index < -0.39 is 50.9 Å². The summed E-state index contributed by atoms with van der Waals surface area (Å²) < 4.78 is 16.3. The van der Waals surface area contributed by atoms with E-state index in [0.717, 1.165) is 74.8 Å². The molecule has 5 heterocycles. The molecule has 4 aliphatic heterocycles. The maximum Gasteiger partial charge on any atom is 0.410 e. The highest BCUT2D eigenvalue weighted by Crippen LogP contribution is 2.32. The highest BCUT2D eigenvalue weighted by atomic mass is 31.1. The molecule has 4 unspecified atom stereocenters. The monoisotopic (exact) mass is 899 g/mol. The average molecular weight is 900 g/mol. The Kier molecular flexibility index (Phi) is 18.9. The Labute approximate surface area is 371 Å². The third kappa shape index (κ3) is 13.3. The molecular weight excluding hydrogens is 830 g/mol. The fourth-order valence-corrected chi connectivity index (χ4v) is 10.1. The molecule has 0 bridgehead atoms. The first-order chi connectivity index (χ1) is 30.1. The second-order valence-electron chi connectivity index (χ2n) is 17.4. The number of H-pyrrole nitrogens is 1. The van der Waals surface area contributed by atoms with Crippen LogP contribution in [-0.2, 0) is 32.1 Å². The van der Waals surface area contributed by atoms with Gasteiger partial charge >= 0.3 is 12.1 Å². The van der Waals surface area contributed by atoms with Crippen LogP contribution >= 0.6 is 7.53 Å². The minimum atomic E-state index is -1.38. The molecule has 6 N–H and O–H groups in total. The van der Waals surface area contributed by atoms with E-state index in [2.05, 4.69) is 36.3 Å². The van der Waals surface area contributed by atoms with E-state index in [1.165, 1.54) is 16.2 Å². The molecule has 4 amide bonds. The summed E-state index contributed by atoms with van der Waals surface area (Å²) in [5.41, 5.74) is 5.48. The van der Waals surface area contributed by atoms with Gasteiger partial charge < -0.3 is 59.6 Å². The number of urea groups is 1. The van der Waals surface area contributed by atoms with Gasteiger partial charge in [-0.15, -0.1) is 0 Å². The molecule has 0 spiro atoms. The number of aromatic nitrogens is 1. The maximum atomic E-state index is 12.7. The third-order valence-corrected chi connectivity index (χ3v) is 14.3. The first-order valence-corrected chi connectivity index (χ1v) is 24.4. The zero-order valence-electron chi connectivity index (χ0n) is 37.8. The largest absolute Gasteiger partial charge is 0.439 e. The summed E-state index contributed by atoms with van der Waals surface area (Å²) in [5.74, 6) is 0.532. The smallest absolute Gasteiger partial charge is 0.410 e. The van der Waals surface area contributed by atoms with Crippen LogP contribution in [-0.4, -0.2) is 147 Å². The van der Waals surface area contributed by atoms with Crippen LogP contribution in [0.5, 0.6) is 0 Å². The SMILES string of the molecule is CC1CCN(C(=O)COC(=O)N2CCC(N3CCc4ccccc4NC3=O)CC2)CC1.CCCC(CCC)O[C@H]1OC(CO)[C@@H](O)C(O)C1O.Cc1cc(C)c2[nH]c(=O)p(C)c2c1. The number of para-hydroxylation sites is 1. The zero-order valence-corrected chi connectivity index (χ0v) is 38.7. The van der Waals surface area contributed by atoms with Gasteiger partial charge in [-0.2, -0.15) is 0 Å². The van der Waals surface area contributed by atoms with Gasteiger partial charge in [0.25, 0.3) is 11.2 Å². The van der Waals surface area contributed by atoms with Crippen molar-refractivity contribution in [2.24, 2.45) is 12.6 Å². The van der Waals surface area contributed by atoms with E-state index in [9.17, 15) is 34.5 Å². The molecule has 3 saturated heterocycles. The number of ether oxygens (including phenoxy) is 3. The molecule has 1 aromatic heterocycles. The Morgan fingerprint density at radius 2 is 1.56 bits per heavy atom. The van der Waals surface area contributed by atoms with Crippen molar-refractivity contribution in [3.63, 3.8) is 0 Å². The molecular formula is C46H70N5O11P. The summed E-state index contributed by atoms with van der Waals surface area (Å²) in [6.07, 6.45) is 1.35. The van der Waals surface area contributed by atoms with E-state index in [4.69, 9.17) is 19.3 Å². The quantitative estimate of drug-likeness (QED) is 0.152. The van der Waals surface area contributed by atoms with Crippen molar-refractivity contribution in [1.82, 2.24) is 19.7 Å². The summed E-state index contributed by atoms with van der Waals surface area (Å²) in [7, 11) is -0.624. The van der Waals surface area contributed by atoms with Crippen molar-refractivity contribution < 1.29 is 49.0 Å². The number of nitrogens with zero attached hydrogens (tertiary/aromatic N) is 3. The van der Waals surface area contributed by atoms with Crippen LogP contribution in [0.2, 0.25) is 0 Å². The van der Waals surface area contributed by atoms with E-state index in [1.54, 1.807) is 9.80 Å². The maximum absolute atomic E-state index is 12.7. The first kappa shape index (κ1) is 50.0. The molecule has 4 aliphatic rings. The third-order valence-electron chi connectivity index (χ3n) is 12.5. The number of hydrogen-bond acceptors (Lipinski definition) is 11. The number of anilines is 1. The lowest BCUT2D eigenvalue weighted by atomic mass is 9.99. The summed E-state index contributed by atoms with van der Waals surface area (Å²) >= 11 is 0. The molecule has 63 heavy (non-hydrogen) atoms. The Hall–Kier alpha value is -4.02. The molecule has 0 radical (unpaired) electrons. The van der Waals surface area contributed by atoms with E-state index in [-0.39, 0.29) is 36.0 Å². The van der Waals surface area contributed by atoms with Gasteiger partial charge in [0, 0.05) is 49.6 Å². The second-order valence-corrected chi connectivity index (χ2v) is 19.4. The predicted octanol–water partition coefficient (Wildman–Crippen LogP) is 5.38.